The standard InChI is InChI=1S/C10H14O2/c1-3-4-5-8-6-9(11)7(2)10(8)12/h3,7-8H,1,4-6H2,2H3. The molecule has 0 radical (unpaired) electrons. The summed E-state index contributed by atoms with van der Waals surface area (Å²) in [6, 6.07) is 0. The normalized spacial score (nSPS) is 29.4. The van der Waals surface area contributed by atoms with Crippen LogP contribution in [-0.4, -0.2) is 11.6 Å². The third-order valence-corrected chi connectivity index (χ3v) is 2.48. The number of hydrogen-bond acceptors (Lipinski definition) is 2. The topological polar surface area (TPSA) is 34.1 Å². The van der Waals surface area contributed by atoms with Gasteiger partial charge < -0.3 is 0 Å². The zero-order chi connectivity index (χ0) is 9.14. The molecule has 0 spiro atoms. The fraction of sp³-hybridized carbons (Fsp3) is 0.600. The summed E-state index contributed by atoms with van der Waals surface area (Å²) in [7, 11) is 0. The molecule has 0 N–H and O–H groups in total. The van der Waals surface area contributed by atoms with Crippen molar-refractivity contribution in [1.82, 2.24) is 0 Å². The number of ketones is 2. The van der Waals surface area contributed by atoms with E-state index in [1.54, 1.807) is 13.0 Å². The zero-order valence-corrected chi connectivity index (χ0v) is 7.38. The Morgan fingerprint density at radius 1 is 1.58 bits per heavy atom. The molecule has 2 unspecified atom stereocenters. The molecule has 0 amide bonds. The summed E-state index contributed by atoms with van der Waals surface area (Å²) in [4.78, 5) is 22.5. The first-order valence-electron chi connectivity index (χ1n) is 4.34. The highest BCUT2D eigenvalue weighted by Gasteiger charge is 2.36. The van der Waals surface area contributed by atoms with Gasteiger partial charge in [0.05, 0.1) is 5.92 Å². The molecule has 1 aliphatic rings. The van der Waals surface area contributed by atoms with E-state index in [0.717, 1.165) is 12.8 Å². The number of Topliss-reactive ketones (excluding diaryl/α,β-unsaturated/α-hetero) is 2. The lowest BCUT2D eigenvalue weighted by atomic mass is 9.99. The molecule has 1 saturated carbocycles. The van der Waals surface area contributed by atoms with Gasteiger partial charge in [0.1, 0.15) is 11.6 Å². The molecule has 0 aliphatic heterocycles. The predicted molar refractivity (Wildman–Crippen MR) is 46.7 cm³/mol. The summed E-state index contributed by atoms with van der Waals surface area (Å²) < 4.78 is 0. The van der Waals surface area contributed by atoms with E-state index in [9.17, 15) is 9.59 Å². The summed E-state index contributed by atoms with van der Waals surface area (Å²) in [5, 5.41) is 0. The summed E-state index contributed by atoms with van der Waals surface area (Å²) in [6.45, 7) is 5.30. The molecule has 12 heavy (non-hydrogen) atoms. The van der Waals surface area contributed by atoms with Crippen molar-refractivity contribution in [2.45, 2.75) is 26.2 Å². The van der Waals surface area contributed by atoms with Crippen LogP contribution in [0.2, 0.25) is 0 Å². The monoisotopic (exact) mass is 166 g/mol. The van der Waals surface area contributed by atoms with Crippen LogP contribution in [0.3, 0.4) is 0 Å². The zero-order valence-electron chi connectivity index (χ0n) is 7.38. The van der Waals surface area contributed by atoms with Crippen LogP contribution in [0.5, 0.6) is 0 Å². The molecular weight excluding hydrogens is 152 g/mol. The number of carbonyl (C=O) groups excluding carboxylic acids is 2. The van der Waals surface area contributed by atoms with Crippen molar-refractivity contribution >= 4 is 11.6 Å². The lowest BCUT2D eigenvalue weighted by Crippen LogP contribution is -2.13. The fourth-order valence-electron chi connectivity index (χ4n) is 1.60. The van der Waals surface area contributed by atoms with Crippen LogP contribution in [0.25, 0.3) is 0 Å². The maximum atomic E-state index is 11.4. The summed E-state index contributed by atoms with van der Waals surface area (Å²) >= 11 is 0. The Kier molecular flexibility index (Phi) is 2.79. The summed E-state index contributed by atoms with van der Waals surface area (Å²) in [6.07, 6.45) is 3.86. The molecule has 1 fully saturated rings. The molecule has 2 nitrogen and oxygen atoms in total. The first-order chi connectivity index (χ1) is 5.66. The Morgan fingerprint density at radius 2 is 2.25 bits per heavy atom. The second kappa shape index (κ2) is 3.65. The Bertz CT molecular complexity index is 218. The van der Waals surface area contributed by atoms with Gasteiger partial charge in [-0.3, -0.25) is 9.59 Å². The molecule has 66 valence electrons. The van der Waals surface area contributed by atoms with Gasteiger partial charge in [0.25, 0.3) is 0 Å². The Morgan fingerprint density at radius 3 is 2.67 bits per heavy atom. The van der Waals surface area contributed by atoms with E-state index >= 15 is 0 Å². The highest BCUT2D eigenvalue weighted by molar-refractivity contribution is 6.09. The molecule has 0 aromatic rings. The largest absolute Gasteiger partial charge is 0.299 e. The van der Waals surface area contributed by atoms with Crippen LogP contribution in [-0.2, 0) is 9.59 Å². The van der Waals surface area contributed by atoms with Crippen molar-refractivity contribution in [3.63, 3.8) is 0 Å². The number of hydrogen-bond donors (Lipinski definition) is 0. The first kappa shape index (κ1) is 9.17. The van der Waals surface area contributed by atoms with Gasteiger partial charge in [-0.15, -0.1) is 6.58 Å². The molecule has 0 saturated heterocycles. The van der Waals surface area contributed by atoms with Crippen molar-refractivity contribution in [2.24, 2.45) is 11.8 Å². The second-order valence-electron chi connectivity index (χ2n) is 3.36. The minimum absolute atomic E-state index is 0.0227. The molecule has 2 heteroatoms. The third kappa shape index (κ3) is 1.63. The van der Waals surface area contributed by atoms with Crippen molar-refractivity contribution in [1.29, 1.82) is 0 Å². The maximum absolute atomic E-state index is 11.4. The van der Waals surface area contributed by atoms with Crippen LogP contribution >= 0.6 is 0 Å². The third-order valence-electron chi connectivity index (χ3n) is 2.48. The van der Waals surface area contributed by atoms with Crippen molar-refractivity contribution in [3.8, 4) is 0 Å². The molecule has 0 bridgehead atoms. The van der Waals surface area contributed by atoms with E-state index in [2.05, 4.69) is 6.58 Å². The molecule has 2 atom stereocenters. The molecular formula is C10H14O2. The van der Waals surface area contributed by atoms with Crippen molar-refractivity contribution in [3.05, 3.63) is 12.7 Å². The van der Waals surface area contributed by atoms with Gasteiger partial charge >= 0.3 is 0 Å². The van der Waals surface area contributed by atoms with Gasteiger partial charge in [-0.05, 0) is 19.8 Å². The highest BCUT2D eigenvalue weighted by Crippen LogP contribution is 2.27. The molecule has 1 aliphatic carbocycles. The van der Waals surface area contributed by atoms with Crippen LogP contribution < -0.4 is 0 Å². The first-order valence-corrected chi connectivity index (χ1v) is 4.34. The molecule has 1 rings (SSSR count). The minimum Gasteiger partial charge on any atom is -0.299 e. The van der Waals surface area contributed by atoms with E-state index in [0.29, 0.717) is 6.42 Å². The van der Waals surface area contributed by atoms with Crippen LogP contribution in [0, 0.1) is 11.8 Å². The quantitative estimate of drug-likeness (QED) is 0.473. The van der Waals surface area contributed by atoms with Gasteiger partial charge in [-0.1, -0.05) is 6.08 Å². The van der Waals surface area contributed by atoms with Crippen LogP contribution in [0.15, 0.2) is 12.7 Å². The smallest absolute Gasteiger partial charge is 0.146 e. The van der Waals surface area contributed by atoms with Crippen LogP contribution in [0.1, 0.15) is 26.2 Å². The van der Waals surface area contributed by atoms with E-state index in [1.807, 2.05) is 0 Å². The van der Waals surface area contributed by atoms with E-state index in [4.69, 9.17) is 0 Å². The Labute approximate surface area is 72.7 Å². The van der Waals surface area contributed by atoms with Gasteiger partial charge in [0, 0.05) is 12.3 Å². The van der Waals surface area contributed by atoms with Gasteiger partial charge in [-0.25, -0.2) is 0 Å². The van der Waals surface area contributed by atoms with Gasteiger partial charge in [0.15, 0.2) is 0 Å². The minimum atomic E-state index is -0.347. The maximum Gasteiger partial charge on any atom is 0.146 e. The second-order valence-corrected chi connectivity index (χ2v) is 3.36. The predicted octanol–water partition coefficient (Wildman–Crippen LogP) is 1.75. The number of carbonyl (C=O) groups is 2. The van der Waals surface area contributed by atoms with Gasteiger partial charge in [0.2, 0.25) is 0 Å². The van der Waals surface area contributed by atoms with E-state index in [-0.39, 0.29) is 23.4 Å². The van der Waals surface area contributed by atoms with E-state index in [1.165, 1.54) is 0 Å². The highest BCUT2D eigenvalue weighted by atomic mass is 16.2. The summed E-state index contributed by atoms with van der Waals surface area (Å²) in [5.41, 5.74) is 0. The summed E-state index contributed by atoms with van der Waals surface area (Å²) in [5.74, 6) is -0.138. The lowest BCUT2D eigenvalue weighted by Gasteiger charge is -2.03. The lowest BCUT2D eigenvalue weighted by molar-refractivity contribution is -0.127. The number of rotatable bonds is 3. The van der Waals surface area contributed by atoms with Crippen molar-refractivity contribution in [2.75, 3.05) is 0 Å². The number of allylic oxidation sites excluding steroid dienone is 1. The van der Waals surface area contributed by atoms with Crippen LogP contribution in [0.4, 0.5) is 0 Å². The average Bonchev–Trinajstić information content (AvgIpc) is 2.30. The van der Waals surface area contributed by atoms with E-state index < -0.39 is 0 Å². The molecule has 0 heterocycles. The molecule has 0 aromatic carbocycles. The fourth-order valence-corrected chi connectivity index (χ4v) is 1.60. The average molecular weight is 166 g/mol. The van der Waals surface area contributed by atoms with Crippen molar-refractivity contribution < 1.29 is 9.59 Å². The molecule has 0 aromatic heterocycles. The SMILES string of the molecule is C=CCCC1CC(=O)C(C)C1=O. The van der Waals surface area contributed by atoms with Gasteiger partial charge in [-0.2, -0.15) is 0 Å². The Hall–Kier alpha value is -0.920. The Balaban J connectivity index is 2.52.